The van der Waals surface area contributed by atoms with Gasteiger partial charge in [0.25, 0.3) is 5.91 Å². The predicted molar refractivity (Wildman–Crippen MR) is 98.5 cm³/mol. The first-order chi connectivity index (χ1) is 11.9. The van der Waals surface area contributed by atoms with Gasteiger partial charge < -0.3 is 5.32 Å². The standard InChI is InChI=1S/C18H16Cl2N4O/c1-11-8-12(2)24(23-11)16-7-6-15(20)17(22-16)18(25)21-10-13-4-3-5-14(19)9-13/h3-9H,10H2,1-2H3,(H,21,25). The number of carbonyl (C=O) groups excluding carboxylic acids is 1. The summed E-state index contributed by atoms with van der Waals surface area (Å²) in [6, 6.07) is 12.6. The van der Waals surface area contributed by atoms with E-state index in [9.17, 15) is 4.79 Å². The largest absolute Gasteiger partial charge is 0.347 e. The summed E-state index contributed by atoms with van der Waals surface area (Å²) in [6.45, 7) is 4.16. The van der Waals surface area contributed by atoms with E-state index in [0.717, 1.165) is 17.0 Å². The first kappa shape index (κ1) is 17.5. The Morgan fingerprint density at radius 3 is 2.64 bits per heavy atom. The van der Waals surface area contributed by atoms with Crippen molar-refractivity contribution in [2.75, 3.05) is 0 Å². The molecule has 1 amide bonds. The molecule has 3 aromatic rings. The number of nitrogens with zero attached hydrogens (tertiary/aromatic N) is 3. The molecule has 5 nitrogen and oxygen atoms in total. The Hall–Kier alpha value is -2.37. The van der Waals surface area contributed by atoms with Gasteiger partial charge in [0.2, 0.25) is 0 Å². The van der Waals surface area contributed by atoms with Crippen molar-refractivity contribution in [2.45, 2.75) is 20.4 Å². The number of benzene rings is 1. The van der Waals surface area contributed by atoms with E-state index >= 15 is 0 Å². The smallest absolute Gasteiger partial charge is 0.271 e. The molecule has 7 heteroatoms. The molecule has 0 bridgehead atoms. The summed E-state index contributed by atoms with van der Waals surface area (Å²) in [6.07, 6.45) is 0. The summed E-state index contributed by atoms with van der Waals surface area (Å²) < 4.78 is 1.68. The minimum Gasteiger partial charge on any atom is -0.347 e. The van der Waals surface area contributed by atoms with Gasteiger partial charge in [0, 0.05) is 17.3 Å². The molecule has 1 N–H and O–H groups in total. The van der Waals surface area contributed by atoms with Crippen LogP contribution in [0.5, 0.6) is 0 Å². The lowest BCUT2D eigenvalue weighted by Crippen LogP contribution is -2.24. The molecule has 0 spiro atoms. The number of aromatic nitrogens is 3. The fraction of sp³-hybridized carbons (Fsp3) is 0.167. The maximum absolute atomic E-state index is 12.5. The number of carbonyl (C=O) groups is 1. The first-order valence-corrected chi connectivity index (χ1v) is 8.42. The van der Waals surface area contributed by atoms with Gasteiger partial charge in [-0.15, -0.1) is 0 Å². The van der Waals surface area contributed by atoms with Gasteiger partial charge in [-0.25, -0.2) is 9.67 Å². The molecule has 0 saturated heterocycles. The molecule has 0 aliphatic carbocycles. The molecule has 0 aliphatic rings. The summed E-state index contributed by atoms with van der Waals surface area (Å²) in [5.41, 5.74) is 2.86. The van der Waals surface area contributed by atoms with Gasteiger partial charge in [0.15, 0.2) is 5.82 Å². The lowest BCUT2D eigenvalue weighted by Gasteiger charge is -2.09. The number of amides is 1. The zero-order valence-electron chi connectivity index (χ0n) is 13.8. The molecule has 3 rings (SSSR count). The predicted octanol–water partition coefficient (Wildman–Crippen LogP) is 4.12. The van der Waals surface area contributed by atoms with Crippen molar-refractivity contribution < 1.29 is 4.79 Å². The van der Waals surface area contributed by atoms with Crippen molar-refractivity contribution in [3.05, 3.63) is 75.2 Å². The SMILES string of the molecule is Cc1cc(C)n(-c2ccc(Cl)c(C(=O)NCc3cccc(Cl)c3)n2)n1. The van der Waals surface area contributed by atoms with Gasteiger partial charge in [-0.1, -0.05) is 35.3 Å². The van der Waals surface area contributed by atoms with Crippen molar-refractivity contribution in [2.24, 2.45) is 0 Å². The Labute approximate surface area is 155 Å². The van der Waals surface area contributed by atoms with Crippen molar-refractivity contribution >= 4 is 29.1 Å². The van der Waals surface area contributed by atoms with Crippen LogP contribution in [0.4, 0.5) is 0 Å². The average Bonchev–Trinajstić information content (AvgIpc) is 2.91. The Morgan fingerprint density at radius 2 is 1.96 bits per heavy atom. The normalized spacial score (nSPS) is 10.7. The lowest BCUT2D eigenvalue weighted by atomic mass is 10.2. The van der Waals surface area contributed by atoms with Gasteiger partial charge in [0.1, 0.15) is 5.69 Å². The topological polar surface area (TPSA) is 59.8 Å². The third-order valence-electron chi connectivity index (χ3n) is 3.62. The van der Waals surface area contributed by atoms with E-state index in [4.69, 9.17) is 23.2 Å². The van der Waals surface area contributed by atoms with Crippen molar-refractivity contribution in [1.82, 2.24) is 20.1 Å². The summed E-state index contributed by atoms with van der Waals surface area (Å²) in [5.74, 6) is 0.191. The van der Waals surface area contributed by atoms with Crippen molar-refractivity contribution in [3.8, 4) is 5.82 Å². The van der Waals surface area contributed by atoms with Gasteiger partial charge in [-0.05, 0) is 49.7 Å². The number of pyridine rings is 1. The molecular weight excluding hydrogens is 359 g/mol. The molecule has 0 radical (unpaired) electrons. The summed E-state index contributed by atoms with van der Waals surface area (Å²) in [4.78, 5) is 16.9. The van der Waals surface area contributed by atoms with Crippen LogP contribution in [0.3, 0.4) is 0 Å². The summed E-state index contributed by atoms with van der Waals surface area (Å²) >= 11 is 12.1. The molecule has 0 fully saturated rings. The average molecular weight is 375 g/mol. The molecule has 0 atom stereocenters. The molecule has 25 heavy (non-hydrogen) atoms. The van der Waals surface area contributed by atoms with Crippen LogP contribution in [0, 0.1) is 13.8 Å². The van der Waals surface area contributed by atoms with E-state index in [2.05, 4.69) is 15.4 Å². The van der Waals surface area contributed by atoms with Crippen LogP contribution >= 0.6 is 23.2 Å². The van der Waals surface area contributed by atoms with Crippen LogP contribution in [-0.2, 0) is 6.54 Å². The number of hydrogen-bond donors (Lipinski definition) is 1. The van der Waals surface area contributed by atoms with Crippen LogP contribution in [0.1, 0.15) is 27.4 Å². The van der Waals surface area contributed by atoms with E-state index in [1.54, 1.807) is 28.9 Å². The highest BCUT2D eigenvalue weighted by Crippen LogP contribution is 2.18. The van der Waals surface area contributed by atoms with E-state index < -0.39 is 0 Å². The van der Waals surface area contributed by atoms with Gasteiger partial charge >= 0.3 is 0 Å². The number of hydrogen-bond acceptors (Lipinski definition) is 3. The molecule has 0 saturated carbocycles. The third-order valence-corrected chi connectivity index (χ3v) is 4.16. The molecule has 2 heterocycles. The van der Waals surface area contributed by atoms with Gasteiger partial charge in [-0.3, -0.25) is 4.79 Å². The Kier molecular flexibility index (Phi) is 5.06. The van der Waals surface area contributed by atoms with Crippen LogP contribution in [0.15, 0.2) is 42.5 Å². The number of aryl methyl sites for hydroxylation is 2. The highest BCUT2D eigenvalue weighted by Gasteiger charge is 2.15. The molecular formula is C18H16Cl2N4O. The van der Waals surface area contributed by atoms with Crippen molar-refractivity contribution in [3.63, 3.8) is 0 Å². The van der Waals surface area contributed by atoms with E-state index in [1.165, 1.54) is 0 Å². The molecule has 0 aliphatic heterocycles. The summed E-state index contributed by atoms with van der Waals surface area (Å²) in [5, 5.41) is 8.09. The Morgan fingerprint density at radius 1 is 1.16 bits per heavy atom. The maximum Gasteiger partial charge on any atom is 0.271 e. The van der Waals surface area contributed by atoms with Gasteiger partial charge in [-0.2, -0.15) is 5.10 Å². The van der Waals surface area contributed by atoms with E-state index in [0.29, 0.717) is 17.4 Å². The van der Waals surface area contributed by atoms with E-state index in [-0.39, 0.29) is 16.6 Å². The minimum atomic E-state index is -0.353. The molecule has 1 aromatic carbocycles. The lowest BCUT2D eigenvalue weighted by molar-refractivity contribution is 0.0946. The second-order valence-electron chi connectivity index (χ2n) is 5.65. The van der Waals surface area contributed by atoms with Crippen molar-refractivity contribution in [1.29, 1.82) is 0 Å². The number of halogens is 2. The number of nitrogens with one attached hydrogen (secondary N) is 1. The third kappa shape index (κ3) is 4.00. The molecule has 2 aromatic heterocycles. The Bertz CT molecular complexity index is 937. The Balaban J connectivity index is 1.82. The fourth-order valence-corrected chi connectivity index (χ4v) is 2.89. The monoisotopic (exact) mass is 374 g/mol. The van der Waals surface area contributed by atoms with Crippen LogP contribution in [0.2, 0.25) is 10.0 Å². The zero-order chi connectivity index (χ0) is 18.0. The second-order valence-corrected chi connectivity index (χ2v) is 6.50. The quantitative estimate of drug-likeness (QED) is 0.746. The molecule has 0 unspecified atom stereocenters. The van der Waals surface area contributed by atoms with E-state index in [1.807, 2.05) is 32.0 Å². The summed E-state index contributed by atoms with van der Waals surface area (Å²) in [7, 11) is 0. The van der Waals surface area contributed by atoms with Crippen LogP contribution in [-0.4, -0.2) is 20.7 Å². The highest BCUT2D eigenvalue weighted by atomic mass is 35.5. The maximum atomic E-state index is 12.5. The minimum absolute atomic E-state index is 0.161. The first-order valence-electron chi connectivity index (χ1n) is 7.67. The highest BCUT2D eigenvalue weighted by molar-refractivity contribution is 6.33. The molecule has 128 valence electrons. The zero-order valence-corrected chi connectivity index (χ0v) is 15.3. The van der Waals surface area contributed by atoms with Gasteiger partial charge in [0.05, 0.1) is 10.7 Å². The fourth-order valence-electron chi connectivity index (χ4n) is 2.48. The number of rotatable bonds is 4. The van der Waals surface area contributed by atoms with Crippen LogP contribution in [0.25, 0.3) is 5.82 Å². The second kappa shape index (κ2) is 7.25. The van der Waals surface area contributed by atoms with Crippen LogP contribution < -0.4 is 5.32 Å².